The maximum Gasteiger partial charge on any atom is 1.00 e. The van der Waals surface area contributed by atoms with E-state index in [2.05, 4.69) is 33.1 Å². The SMILES string of the molecule is CCN1CCC[C@H]1CNC(=O)c1c(OC)ccc(Br)c1OC.O=[As][O-].[Na+]. The second-order valence-corrected chi connectivity index (χ2v) is 6.53. The average molecular weight is 501 g/mol. The van der Waals surface area contributed by atoms with E-state index in [-0.39, 0.29) is 35.5 Å². The molecule has 1 saturated heterocycles. The van der Waals surface area contributed by atoms with Crippen molar-refractivity contribution < 1.29 is 51.7 Å². The van der Waals surface area contributed by atoms with Crippen LogP contribution in [0.3, 0.4) is 0 Å². The van der Waals surface area contributed by atoms with Gasteiger partial charge in [0.1, 0.15) is 17.1 Å². The van der Waals surface area contributed by atoms with Gasteiger partial charge in [0.2, 0.25) is 0 Å². The third kappa shape index (κ3) is 7.23. The summed E-state index contributed by atoms with van der Waals surface area (Å²) in [6, 6.07) is 3.98. The number of halogens is 1. The van der Waals surface area contributed by atoms with Gasteiger partial charge in [-0.3, -0.25) is 9.69 Å². The number of rotatable bonds is 6. The fourth-order valence-electron chi connectivity index (χ4n) is 2.97. The van der Waals surface area contributed by atoms with Crippen molar-refractivity contribution in [3.63, 3.8) is 0 Å². The van der Waals surface area contributed by atoms with Gasteiger partial charge in [-0.2, -0.15) is 0 Å². The molecule has 1 aliphatic rings. The summed E-state index contributed by atoms with van der Waals surface area (Å²) in [7, 11) is 3.10. The van der Waals surface area contributed by atoms with Gasteiger partial charge in [-0.15, -0.1) is 0 Å². The molecule has 0 saturated carbocycles. The standard InChI is InChI=1S/C16H23BrN2O3.AsHO2.Na/c1-4-19-9-5-6-11(19)10-18-16(20)14-13(21-2)8-7-12(17)15(14)22-3;2-1-3;/h7-8,11H,4-6,9-10H2,1-3H3,(H,18,20);(H,2,3);/q;;+1/p-1/t11-;;/m0../s1. The monoisotopic (exact) mass is 500 g/mol. The Kier molecular flexibility index (Phi) is 14.1. The van der Waals surface area contributed by atoms with Gasteiger partial charge in [-0.25, -0.2) is 0 Å². The molecule has 1 amide bonds. The van der Waals surface area contributed by atoms with Crippen LogP contribution in [0.15, 0.2) is 16.6 Å². The molecule has 1 heterocycles. The zero-order valence-corrected chi connectivity index (χ0v) is 21.0. The van der Waals surface area contributed by atoms with Crippen LogP contribution in [0.25, 0.3) is 0 Å². The first-order valence-electron chi connectivity index (χ1n) is 7.91. The van der Waals surface area contributed by atoms with Gasteiger partial charge in [0.05, 0.1) is 18.7 Å². The Morgan fingerprint density at radius 3 is 2.62 bits per heavy atom. The molecule has 1 aliphatic heterocycles. The molecule has 0 radical (unpaired) electrons. The summed E-state index contributed by atoms with van der Waals surface area (Å²) >= 11 is 1.60. The summed E-state index contributed by atoms with van der Waals surface area (Å²) in [4.78, 5) is 15.0. The van der Waals surface area contributed by atoms with E-state index < -0.39 is 16.0 Å². The van der Waals surface area contributed by atoms with Crippen LogP contribution >= 0.6 is 15.9 Å². The second-order valence-electron chi connectivity index (χ2n) is 5.37. The van der Waals surface area contributed by atoms with Crippen molar-refractivity contribution in [3.8, 4) is 11.5 Å². The molecule has 1 atom stereocenters. The molecule has 0 aromatic heterocycles. The number of methoxy groups -OCH3 is 2. The topological polar surface area (TPSA) is 90.9 Å². The minimum atomic E-state index is -1.81. The van der Waals surface area contributed by atoms with Crippen molar-refractivity contribution in [1.29, 1.82) is 0 Å². The van der Waals surface area contributed by atoms with Gasteiger partial charge in [-0.05, 0) is 54.0 Å². The van der Waals surface area contributed by atoms with Crippen LogP contribution in [0.4, 0.5) is 0 Å². The molecule has 2 rings (SSSR count). The van der Waals surface area contributed by atoms with Crippen molar-refractivity contribution in [3.05, 3.63) is 22.2 Å². The first-order chi connectivity index (χ1) is 12.0. The predicted octanol–water partition coefficient (Wildman–Crippen LogP) is -2.00. The fraction of sp³-hybridized carbons (Fsp3) is 0.562. The number of carbonyl (C=O) groups is 1. The maximum atomic E-state index is 12.6. The number of ether oxygens (including phenoxy) is 2. The Morgan fingerprint density at radius 1 is 1.42 bits per heavy atom. The van der Waals surface area contributed by atoms with Crippen molar-refractivity contribution in [1.82, 2.24) is 10.2 Å². The van der Waals surface area contributed by atoms with Gasteiger partial charge in [0.15, 0.2) is 0 Å². The molecular formula is C16H23AsBrN2NaO5. The number of nitrogens with zero attached hydrogens (tertiary/aromatic N) is 1. The van der Waals surface area contributed by atoms with Crippen LogP contribution in [-0.4, -0.2) is 66.7 Å². The summed E-state index contributed by atoms with van der Waals surface area (Å²) in [5.74, 6) is 0.838. The zero-order valence-electron chi connectivity index (χ0n) is 15.6. The van der Waals surface area contributed by atoms with E-state index >= 15 is 0 Å². The van der Waals surface area contributed by atoms with Gasteiger partial charge >= 0.3 is 53.4 Å². The first-order valence-corrected chi connectivity index (χ1v) is 10.2. The van der Waals surface area contributed by atoms with E-state index in [9.17, 15) is 4.79 Å². The Balaban J connectivity index is 0.00000146. The number of hydrogen-bond acceptors (Lipinski definition) is 6. The number of amides is 1. The average Bonchev–Trinajstić information content (AvgIpc) is 3.07. The van der Waals surface area contributed by atoms with E-state index in [0.717, 1.165) is 24.0 Å². The van der Waals surface area contributed by atoms with Gasteiger partial charge in [-0.1, -0.05) is 6.92 Å². The normalized spacial score (nSPS) is 16.3. The van der Waals surface area contributed by atoms with E-state index in [1.54, 1.807) is 20.3 Å². The molecule has 140 valence electrons. The molecule has 7 nitrogen and oxygen atoms in total. The summed E-state index contributed by atoms with van der Waals surface area (Å²) in [5.41, 5.74) is 0.431. The summed E-state index contributed by atoms with van der Waals surface area (Å²) in [5, 5.41) is 3.02. The maximum absolute atomic E-state index is 12.6. The van der Waals surface area contributed by atoms with Gasteiger partial charge in [0.25, 0.3) is 5.91 Å². The van der Waals surface area contributed by atoms with Crippen molar-refractivity contribution in [2.24, 2.45) is 0 Å². The van der Waals surface area contributed by atoms with E-state index in [4.69, 9.17) is 17.3 Å². The number of likely N-dealkylation sites (tertiary alicyclic amines) is 1. The Hall–Kier alpha value is 0.0484. The summed E-state index contributed by atoms with van der Waals surface area (Å²) in [6.07, 6.45) is 2.32. The predicted molar refractivity (Wildman–Crippen MR) is 96.3 cm³/mol. The molecule has 1 aromatic carbocycles. The Bertz CT molecular complexity index is 594. The molecular weight excluding hydrogens is 478 g/mol. The van der Waals surface area contributed by atoms with Crippen LogP contribution in [-0.2, 0) is 3.74 Å². The second kappa shape index (κ2) is 14.1. The molecule has 1 fully saturated rings. The fourth-order valence-corrected chi connectivity index (χ4v) is 3.46. The molecule has 0 unspecified atom stereocenters. The minimum absolute atomic E-state index is 0. The molecule has 1 N–H and O–H groups in total. The van der Waals surface area contributed by atoms with Crippen LogP contribution < -0.4 is 48.4 Å². The number of benzene rings is 1. The minimum Gasteiger partial charge on any atom is 1.00 e. The largest absolute Gasteiger partial charge is 1.00 e. The van der Waals surface area contributed by atoms with Gasteiger partial charge < -0.3 is 14.8 Å². The van der Waals surface area contributed by atoms with Crippen LogP contribution in [0.2, 0.25) is 0 Å². The van der Waals surface area contributed by atoms with E-state index in [1.165, 1.54) is 6.42 Å². The zero-order chi connectivity index (χ0) is 18.8. The smallest absolute Gasteiger partial charge is 1.00 e. The number of nitrogens with one attached hydrogen (secondary N) is 1. The third-order valence-corrected chi connectivity index (χ3v) is 4.75. The van der Waals surface area contributed by atoms with Crippen LogP contribution in [0, 0.1) is 0 Å². The van der Waals surface area contributed by atoms with E-state index in [0.29, 0.717) is 29.6 Å². The van der Waals surface area contributed by atoms with Gasteiger partial charge in [0, 0.05) is 12.6 Å². The number of likely N-dealkylation sites (N-methyl/N-ethyl adjacent to an activating group) is 1. The Morgan fingerprint density at radius 2 is 2.08 bits per heavy atom. The molecule has 0 spiro atoms. The third-order valence-electron chi connectivity index (χ3n) is 4.13. The van der Waals surface area contributed by atoms with Crippen LogP contribution in [0.1, 0.15) is 30.1 Å². The van der Waals surface area contributed by atoms with Crippen molar-refractivity contribution in [2.75, 3.05) is 33.9 Å². The molecule has 10 heteroatoms. The first kappa shape index (κ1) is 26.0. The molecule has 1 aromatic rings. The molecule has 0 bridgehead atoms. The summed E-state index contributed by atoms with van der Waals surface area (Å²) in [6.45, 7) is 4.93. The molecule has 26 heavy (non-hydrogen) atoms. The quantitative estimate of drug-likeness (QED) is 0.454. The van der Waals surface area contributed by atoms with E-state index in [1.807, 2.05) is 6.07 Å². The number of carbonyl (C=O) groups excluding carboxylic acids is 1. The summed E-state index contributed by atoms with van der Waals surface area (Å²) < 4.78 is 28.3. The Labute approximate surface area is 191 Å². The van der Waals surface area contributed by atoms with Crippen molar-refractivity contribution in [2.45, 2.75) is 25.8 Å². The van der Waals surface area contributed by atoms with Crippen LogP contribution in [0.5, 0.6) is 11.5 Å². The number of hydrogen-bond donors (Lipinski definition) is 1. The molecule has 0 aliphatic carbocycles. The van der Waals surface area contributed by atoms with Crippen molar-refractivity contribution >= 4 is 37.9 Å².